The van der Waals surface area contributed by atoms with E-state index in [9.17, 15) is 0 Å². The van der Waals surface area contributed by atoms with Crippen LogP contribution in [0, 0.1) is 0 Å². The Morgan fingerprint density at radius 2 is 1.12 bits per heavy atom. The van der Waals surface area contributed by atoms with Crippen molar-refractivity contribution in [3.8, 4) is 0 Å². The molecule has 0 aromatic carbocycles. The van der Waals surface area contributed by atoms with Gasteiger partial charge in [0.1, 0.15) is 0 Å². The zero-order valence-corrected chi connectivity index (χ0v) is 18.0. The van der Waals surface area contributed by atoms with Gasteiger partial charge in [-0.3, -0.25) is 4.90 Å². The Labute approximate surface area is 159 Å². The van der Waals surface area contributed by atoms with Crippen molar-refractivity contribution in [2.45, 2.75) is 122 Å². The van der Waals surface area contributed by atoms with Crippen LogP contribution in [0.15, 0.2) is 12.2 Å². The summed E-state index contributed by atoms with van der Waals surface area (Å²) >= 11 is 0. The van der Waals surface area contributed by atoms with Crippen LogP contribution in [-0.4, -0.2) is 24.7 Å². The second-order valence-corrected chi connectivity index (χ2v) is 8.04. The molecule has 0 spiro atoms. The van der Waals surface area contributed by atoms with Crippen LogP contribution in [0.4, 0.5) is 0 Å². The number of hydrogen-bond donors (Lipinski definition) is 1. The van der Waals surface area contributed by atoms with E-state index in [1.165, 1.54) is 89.9 Å². The van der Waals surface area contributed by atoms with Crippen LogP contribution in [-0.2, 0) is 0 Å². The number of allylic oxidation sites excluding steroid dienone is 2. The molecule has 150 valence electrons. The lowest BCUT2D eigenvalue weighted by molar-refractivity contribution is 0.136. The van der Waals surface area contributed by atoms with E-state index in [-0.39, 0.29) is 5.66 Å². The smallest absolute Gasteiger partial charge is 0.0679 e. The molecule has 1 unspecified atom stereocenters. The molecule has 0 saturated heterocycles. The normalized spacial score (nSPS) is 14.5. The van der Waals surface area contributed by atoms with Crippen LogP contribution in [0.5, 0.6) is 0 Å². The minimum Gasteiger partial charge on any atom is -0.313 e. The highest BCUT2D eigenvalue weighted by Gasteiger charge is 2.23. The summed E-state index contributed by atoms with van der Waals surface area (Å²) in [5.74, 6) is 0. The van der Waals surface area contributed by atoms with Crippen molar-refractivity contribution in [2.75, 3.05) is 14.1 Å². The Morgan fingerprint density at radius 3 is 1.56 bits per heavy atom. The largest absolute Gasteiger partial charge is 0.313 e. The minimum absolute atomic E-state index is 0.0964. The molecule has 0 amide bonds. The molecule has 1 atom stereocenters. The van der Waals surface area contributed by atoms with E-state index in [1.807, 2.05) is 0 Å². The maximum atomic E-state index is 6.42. The van der Waals surface area contributed by atoms with Crippen LogP contribution in [0.1, 0.15) is 117 Å². The average molecular weight is 353 g/mol. The molecule has 2 N–H and O–H groups in total. The minimum atomic E-state index is -0.0964. The molecule has 0 bridgehead atoms. The van der Waals surface area contributed by atoms with Gasteiger partial charge >= 0.3 is 0 Å². The number of hydrogen-bond acceptors (Lipinski definition) is 2. The fourth-order valence-corrected chi connectivity index (χ4v) is 3.40. The highest BCUT2D eigenvalue weighted by atomic mass is 15.2. The molecule has 0 aliphatic rings. The fraction of sp³-hybridized carbons (Fsp3) is 0.913. The Morgan fingerprint density at radius 1 is 0.680 bits per heavy atom. The van der Waals surface area contributed by atoms with Gasteiger partial charge in [-0.2, -0.15) is 0 Å². The van der Waals surface area contributed by atoms with E-state index in [2.05, 4.69) is 45.0 Å². The van der Waals surface area contributed by atoms with Gasteiger partial charge in [0, 0.05) is 0 Å². The summed E-state index contributed by atoms with van der Waals surface area (Å²) in [4.78, 5) is 2.19. The zero-order valence-electron chi connectivity index (χ0n) is 18.0. The molecular weight excluding hydrogens is 304 g/mol. The first-order valence-corrected chi connectivity index (χ1v) is 11.2. The summed E-state index contributed by atoms with van der Waals surface area (Å²) in [5, 5.41) is 0. The Hall–Kier alpha value is -0.340. The molecular formula is C23H48N2. The fourth-order valence-electron chi connectivity index (χ4n) is 3.40. The van der Waals surface area contributed by atoms with E-state index in [1.54, 1.807) is 0 Å². The molecule has 2 heteroatoms. The van der Waals surface area contributed by atoms with E-state index in [0.29, 0.717) is 0 Å². The summed E-state index contributed by atoms with van der Waals surface area (Å²) < 4.78 is 0. The van der Waals surface area contributed by atoms with Gasteiger partial charge in [0.15, 0.2) is 0 Å². The quantitative estimate of drug-likeness (QED) is 0.163. The Kier molecular flexibility index (Phi) is 16.9. The average Bonchev–Trinajstić information content (AvgIpc) is 2.61. The number of nitrogens with two attached hydrogens (primary N) is 1. The van der Waals surface area contributed by atoms with Crippen molar-refractivity contribution in [1.29, 1.82) is 0 Å². The topological polar surface area (TPSA) is 29.3 Å². The first kappa shape index (κ1) is 24.7. The lowest BCUT2D eigenvalue weighted by Crippen LogP contribution is -2.51. The Bertz CT molecular complexity index is 298. The van der Waals surface area contributed by atoms with Gasteiger partial charge in [0.2, 0.25) is 0 Å². The van der Waals surface area contributed by atoms with E-state index >= 15 is 0 Å². The second kappa shape index (κ2) is 17.1. The van der Waals surface area contributed by atoms with Gasteiger partial charge in [-0.05, 0) is 52.6 Å². The maximum Gasteiger partial charge on any atom is 0.0679 e. The summed E-state index contributed by atoms with van der Waals surface area (Å²) in [5.41, 5.74) is 6.32. The van der Waals surface area contributed by atoms with Crippen molar-refractivity contribution in [1.82, 2.24) is 4.90 Å². The molecule has 2 nitrogen and oxygen atoms in total. The van der Waals surface area contributed by atoms with Gasteiger partial charge in [-0.25, -0.2) is 0 Å². The van der Waals surface area contributed by atoms with Crippen LogP contribution in [0.3, 0.4) is 0 Å². The highest BCUT2D eigenvalue weighted by molar-refractivity contribution is 4.81. The molecule has 0 aromatic rings. The maximum absolute atomic E-state index is 6.42. The third-order valence-corrected chi connectivity index (χ3v) is 5.62. The predicted octanol–water partition coefficient (Wildman–Crippen LogP) is 7.04. The van der Waals surface area contributed by atoms with Gasteiger partial charge in [-0.15, -0.1) is 0 Å². The number of rotatable bonds is 18. The highest BCUT2D eigenvalue weighted by Crippen LogP contribution is 2.19. The molecule has 0 rings (SSSR count). The van der Waals surface area contributed by atoms with Crippen LogP contribution in [0.2, 0.25) is 0 Å². The molecule has 0 aliphatic carbocycles. The predicted molar refractivity (Wildman–Crippen MR) is 115 cm³/mol. The van der Waals surface area contributed by atoms with Crippen molar-refractivity contribution < 1.29 is 0 Å². The van der Waals surface area contributed by atoms with Crippen LogP contribution in [0.25, 0.3) is 0 Å². The monoisotopic (exact) mass is 352 g/mol. The summed E-state index contributed by atoms with van der Waals surface area (Å²) in [6.07, 6.45) is 26.1. The summed E-state index contributed by atoms with van der Waals surface area (Å²) in [6, 6.07) is 0. The molecule has 0 aliphatic heterocycles. The first-order chi connectivity index (χ1) is 12.1. The molecule has 0 fully saturated rings. The Balaban J connectivity index is 3.32. The molecule has 0 aromatic heterocycles. The summed E-state index contributed by atoms with van der Waals surface area (Å²) in [6.45, 7) is 4.48. The molecule has 0 heterocycles. The van der Waals surface area contributed by atoms with Gasteiger partial charge < -0.3 is 5.73 Å². The standard InChI is InChI=1S/C23H48N2/c1-5-7-8-9-10-11-12-13-14-15-16-17-18-19-20-21-22-23(24,6-2)25(3)4/h13-14H,5-12,15-22,24H2,1-4H3/b14-13-. The van der Waals surface area contributed by atoms with Gasteiger partial charge in [0.25, 0.3) is 0 Å². The lowest BCUT2D eigenvalue weighted by Gasteiger charge is -2.35. The lowest BCUT2D eigenvalue weighted by atomic mass is 9.97. The molecule has 0 saturated carbocycles. The van der Waals surface area contributed by atoms with Crippen LogP contribution >= 0.6 is 0 Å². The third kappa shape index (κ3) is 14.5. The van der Waals surface area contributed by atoms with Crippen molar-refractivity contribution >= 4 is 0 Å². The SMILES string of the molecule is CCCCCCCC/C=C\CCCCCCCCC(N)(CC)N(C)C. The van der Waals surface area contributed by atoms with E-state index in [4.69, 9.17) is 5.73 Å². The molecule has 25 heavy (non-hydrogen) atoms. The van der Waals surface area contributed by atoms with Gasteiger partial charge in [0.05, 0.1) is 5.66 Å². The molecule has 0 radical (unpaired) electrons. The summed E-state index contributed by atoms with van der Waals surface area (Å²) in [7, 11) is 4.20. The van der Waals surface area contributed by atoms with E-state index < -0.39 is 0 Å². The van der Waals surface area contributed by atoms with E-state index in [0.717, 1.165) is 12.8 Å². The number of nitrogens with zero attached hydrogens (tertiary/aromatic N) is 1. The number of unbranched alkanes of at least 4 members (excludes halogenated alkanes) is 12. The second-order valence-electron chi connectivity index (χ2n) is 8.04. The zero-order chi connectivity index (χ0) is 18.8. The van der Waals surface area contributed by atoms with Crippen molar-refractivity contribution in [3.63, 3.8) is 0 Å². The van der Waals surface area contributed by atoms with Crippen molar-refractivity contribution in [3.05, 3.63) is 12.2 Å². The van der Waals surface area contributed by atoms with Crippen LogP contribution < -0.4 is 5.73 Å². The van der Waals surface area contributed by atoms with Gasteiger partial charge in [-0.1, -0.05) is 90.2 Å². The third-order valence-electron chi connectivity index (χ3n) is 5.62. The van der Waals surface area contributed by atoms with Crippen molar-refractivity contribution in [2.24, 2.45) is 5.73 Å². The first-order valence-electron chi connectivity index (χ1n) is 11.2.